The van der Waals surface area contributed by atoms with E-state index in [1.807, 2.05) is 41.0 Å². The van der Waals surface area contributed by atoms with Crippen molar-refractivity contribution in [2.45, 2.75) is 59.2 Å². The van der Waals surface area contributed by atoms with Gasteiger partial charge in [0.05, 0.1) is 28.1 Å². The number of hydrogen-bond donors (Lipinski definition) is 0. The summed E-state index contributed by atoms with van der Waals surface area (Å²) in [7, 11) is 0. The van der Waals surface area contributed by atoms with Gasteiger partial charge in [-0.05, 0) is 111 Å². The molecule has 0 radical (unpaired) electrons. The van der Waals surface area contributed by atoms with Crippen LogP contribution in [0.1, 0.15) is 62.3 Å². The van der Waals surface area contributed by atoms with Crippen LogP contribution < -0.4 is 14.5 Å². The number of para-hydroxylation sites is 4. The lowest BCUT2D eigenvalue weighted by Crippen LogP contribution is -2.25. The maximum atomic E-state index is 8.10. The number of aryl methyl sites for hydroxylation is 1. The normalized spacial score (nSPS) is 13.6. The number of rotatable bonds is 8. The third-order valence-electron chi connectivity index (χ3n) is 13.3. The molecule has 3 heterocycles. The van der Waals surface area contributed by atoms with Gasteiger partial charge in [0, 0.05) is 50.0 Å². The standard InChI is InChI=1S/C63H56N4O/c1-42-33-34-64-60(35-42)67-56-24-12-11-21-54(56)55-32-31-51(40-59(55)67)68-50-20-15-19-49(39-50)65-41-66(58-26-14-13-25-57(58)65)61-52(45-29-27-44(28-30-45)43-17-9-8-10-18-43)22-16-23-53(61)46-36-47(62(2,3)4)38-48(37-46)63(5,6)7/h8-40H,41H2,1-7H3/i1D3. The van der Waals surface area contributed by atoms with Gasteiger partial charge >= 0.3 is 0 Å². The van der Waals surface area contributed by atoms with E-state index in [0.717, 1.165) is 55.7 Å². The van der Waals surface area contributed by atoms with Crippen molar-refractivity contribution in [3.63, 3.8) is 0 Å². The fraction of sp³-hybridized carbons (Fsp3) is 0.159. The fourth-order valence-electron chi connectivity index (χ4n) is 9.70. The second kappa shape index (κ2) is 16.8. The fourth-order valence-corrected chi connectivity index (χ4v) is 9.70. The molecule has 0 saturated heterocycles. The molecule has 8 aromatic carbocycles. The molecule has 0 unspecified atom stereocenters. The smallest absolute Gasteiger partial charge is 0.137 e. The number of ether oxygens (including phenoxy) is 1. The molecule has 334 valence electrons. The van der Waals surface area contributed by atoms with E-state index in [4.69, 9.17) is 8.85 Å². The molecule has 0 saturated carbocycles. The number of aromatic nitrogens is 2. The topological polar surface area (TPSA) is 33.5 Å². The minimum absolute atomic E-state index is 0.0557. The van der Waals surface area contributed by atoms with Crippen LogP contribution in [0.25, 0.3) is 61.0 Å². The molecule has 1 aliphatic rings. The summed E-state index contributed by atoms with van der Waals surface area (Å²) in [6.07, 6.45) is 1.57. The van der Waals surface area contributed by atoms with Crippen LogP contribution in [0, 0.1) is 6.85 Å². The van der Waals surface area contributed by atoms with E-state index >= 15 is 0 Å². The first kappa shape index (κ1) is 39.3. The minimum atomic E-state index is -2.27. The predicted molar refractivity (Wildman–Crippen MR) is 286 cm³/mol. The highest BCUT2D eigenvalue weighted by molar-refractivity contribution is 6.09. The van der Waals surface area contributed by atoms with Gasteiger partial charge in [-0.3, -0.25) is 4.57 Å². The molecule has 0 N–H and O–H groups in total. The van der Waals surface area contributed by atoms with E-state index in [0.29, 0.717) is 24.0 Å². The molecular formula is C63H56N4O. The summed E-state index contributed by atoms with van der Waals surface area (Å²) in [6, 6.07) is 67.9. The zero-order valence-electron chi connectivity index (χ0n) is 42.5. The van der Waals surface area contributed by atoms with Crippen LogP contribution >= 0.6 is 0 Å². The van der Waals surface area contributed by atoms with Crippen LogP contribution in [0.15, 0.2) is 200 Å². The largest absolute Gasteiger partial charge is 0.457 e. The second-order valence-electron chi connectivity index (χ2n) is 20.0. The zero-order valence-corrected chi connectivity index (χ0v) is 39.5. The number of benzene rings is 8. The molecule has 5 heteroatoms. The van der Waals surface area contributed by atoms with Crippen LogP contribution in [-0.2, 0) is 10.8 Å². The monoisotopic (exact) mass is 887 g/mol. The average molecular weight is 888 g/mol. The van der Waals surface area contributed by atoms with Gasteiger partial charge in [-0.15, -0.1) is 0 Å². The molecule has 0 bridgehead atoms. The number of anilines is 4. The van der Waals surface area contributed by atoms with Crippen LogP contribution in [0.5, 0.6) is 11.5 Å². The van der Waals surface area contributed by atoms with Crippen LogP contribution in [0.3, 0.4) is 0 Å². The van der Waals surface area contributed by atoms with Crippen molar-refractivity contribution in [3.05, 3.63) is 217 Å². The first-order valence-electron chi connectivity index (χ1n) is 25.0. The van der Waals surface area contributed by atoms with Gasteiger partial charge in [-0.2, -0.15) is 0 Å². The Balaban J connectivity index is 1.00. The van der Waals surface area contributed by atoms with E-state index in [1.165, 1.54) is 33.4 Å². The maximum Gasteiger partial charge on any atom is 0.137 e. The predicted octanol–water partition coefficient (Wildman–Crippen LogP) is 17.1. The highest BCUT2D eigenvalue weighted by atomic mass is 16.5. The number of fused-ring (bicyclic) bond motifs is 4. The highest BCUT2D eigenvalue weighted by Crippen LogP contribution is 2.51. The van der Waals surface area contributed by atoms with Gasteiger partial charge in [0.2, 0.25) is 0 Å². The van der Waals surface area contributed by atoms with Crippen LogP contribution in [-0.4, -0.2) is 16.2 Å². The van der Waals surface area contributed by atoms with Gasteiger partial charge in [0.25, 0.3) is 0 Å². The Labute approximate surface area is 404 Å². The van der Waals surface area contributed by atoms with Gasteiger partial charge in [-0.1, -0.05) is 169 Å². The number of hydrogen-bond acceptors (Lipinski definition) is 4. The summed E-state index contributed by atoms with van der Waals surface area (Å²) in [5, 5.41) is 2.06. The van der Waals surface area contributed by atoms with E-state index in [-0.39, 0.29) is 16.4 Å². The molecule has 10 aromatic rings. The summed E-state index contributed by atoms with van der Waals surface area (Å²) in [5.74, 6) is 1.88. The van der Waals surface area contributed by atoms with E-state index in [9.17, 15) is 0 Å². The van der Waals surface area contributed by atoms with E-state index in [2.05, 4.69) is 202 Å². The zero-order chi connectivity index (χ0) is 49.2. The summed E-state index contributed by atoms with van der Waals surface area (Å²) in [4.78, 5) is 9.52. The third-order valence-corrected chi connectivity index (χ3v) is 13.3. The molecule has 1 aliphatic heterocycles. The van der Waals surface area contributed by atoms with Crippen molar-refractivity contribution in [2.75, 3.05) is 16.5 Å². The summed E-state index contributed by atoms with van der Waals surface area (Å²) in [6.45, 7) is 12.1. The summed E-state index contributed by atoms with van der Waals surface area (Å²) >= 11 is 0. The Morgan fingerprint density at radius 1 is 0.485 bits per heavy atom. The Hall–Kier alpha value is -7.89. The van der Waals surface area contributed by atoms with Crippen LogP contribution in [0.4, 0.5) is 22.7 Å². The molecule has 0 amide bonds. The van der Waals surface area contributed by atoms with Gasteiger partial charge in [0.15, 0.2) is 0 Å². The molecule has 68 heavy (non-hydrogen) atoms. The molecule has 0 aliphatic carbocycles. The Kier molecular flexibility index (Phi) is 9.69. The SMILES string of the molecule is [2H]C([2H])([2H])c1ccnc(-n2c3ccccc3c3ccc(Oc4cccc(N5CN(c6c(-c7ccc(-c8ccccc8)cc7)cccc6-c6cc(C(C)(C)C)cc(C(C)(C)C)c6)c6ccccc65)c4)cc32)c1. The van der Waals surface area contributed by atoms with Crippen molar-refractivity contribution in [3.8, 4) is 50.7 Å². The Bertz CT molecular complexity index is 3590. The Morgan fingerprint density at radius 3 is 1.84 bits per heavy atom. The van der Waals surface area contributed by atoms with E-state index in [1.54, 1.807) is 18.3 Å². The van der Waals surface area contributed by atoms with Crippen molar-refractivity contribution in [2.24, 2.45) is 0 Å². The van der Waals surface area contributed by atoms with Crippen LogP contribution in [0.2, 0.25) is 0 Å². The highest BCUT2D eigenvalue weighted by Gasteiger charge is 2.32. The first-order chi connectivity index (χ1) is 34.1. The average Bonchev–Trinajstić information content (AvgIpc) is 3.92. The summed E-state index contributed by atoms with van der Waals surface area (Å²) in [5.41, 5.74) is 15.9. The van der Waals surface area contributed by atoms with Crippen molar-refractivity contribution in [1.29, 1.82) is 0 Å². The lowest BCUT2D eigenvalue weighted by atomic mass is 9.78. The molecule has 0 spiro atoms. The van der Waals surface area contributed by atoms with Crippen molar-refractivity contribution >= 4 is 44.6 Å². The van der Waals surface area contributed by atoms with Gasteiger partial charge < -0.3 is 14.5 Å². The lowest BCUT2D eigenvalue weighted by Gasteiger charge is -2.29. The quantitative estimate of drug-likeness (QED) is 0.152. The van der Waals surface area contributed by atoms with Crippen molar-refractivity contribution in [1.82, 2.24) is 9.55 Å². The minimum Gasteiger partial charge on any atom is -0.457 e. The molecule has 5 nitrogen and oxygen atoms in total. The molecule has 0 atom stereocenters. The number of nitrogens with zero attached hydrogens (tertiary/aromatic N) is 4. The van der Waals surface area contributed by atoms with Crippen molar-refractivity contribution < 1.29 is 8.85 Å². The lowest BCUT2D eigenvalue weighted by molar-refractivity contribution is 0.483. The van der Waals surface area contributed by atoms with E-state index < -0.39 is 6.85 Å². The molecule has 2 aromatic heterocycles. The molecule has 11 rings (SSSR count). The second-order valence-corrected chi connectivity index (χ2v) is 20.0. The maximum absolute atomic E-state index is 8.10. The molecule has 0 fully saturated rings. The molecular weight excluding hydrogens is 829 g/mol. The number of pyridine rings is 1. The van der Waals surface area contributed by atoms with Gasteiger partial charge in [0.1, 0.15) is 24.0 Å². The first-order valence-corrected chi connectivity index (χ1v) is 23.5. The summed E-state index contributed by atoms with van der Waals surface area (Å²) < 4.78 is 33.1. The van der Waals surface area contributed by atoms with Gasteiger partial charge in [-0.25, -0.2) is 4.98 Å². The Morgan fingerprint density at radius 2 is 1.10 bits per heavy atom. The third kappa shape index (κ3) is 7.88.